The molecule has 1 amide bonds. The van der Waals surface area contributed by atoms with Gasteiger partial charge in [0.05, 0.1) is 5.75 Å². The summed E-state index contributed by atoms with van der Waals surface area (Å²) in [6.45, 7) is 3.11. The lowest BCUT2D eigenvalue weighted by Gasteiger charge is -2.18. The zero-order chi connectivity index (χ0) is 20.0. The van der Waals surface area contributed by atoms with Gasteiger partial charge in [-0.05, 0) is 60.9 Å². The molecule has 2 rings (SSSR count). The van der Waals surface area contributed by atoms with Crippen molar-refractivity contribution in [3.05, 3.63) is 29.8 Å². The summed E-state index contributed by atoms with van der Waals surface area (Å²) in [5.74, 6) is -0.231. The molecule has 9 nitrogen and oxygen atoms in total. The van der Waals surface area contributed by atoms with Gasteiger partial charge in [0.25, 0.3) is 0 Å². The highest BCUT2D eigenvalue weighted by atomic mass is 32.2. The Morgan fingerprint density at radius 2 is 2.15 bits per heavy atom. The molecule has 0 fully saturated rings. The van der Waals surface area contributed by atoms with Crippen LogP contribution in [0.5, 0.6) is 0 Å². The van der Waals surface area contributed by atoms with Crippen molar-refractivity contribution in [1.82, 2.24) is 24.9 Å². The summed E-state index contributed by atoms with van der Waals surface area (Å²) in [6, 6.07) is 3.03. The first-order valence-electron chi connectivity index (χ1n) is 8.12. The summed E-state index contributed by atoms with van der Waals surface area (Å²) in [5, 5.41) is 13.5. The third-order valence-electron chi connectivity index (χ3n) is 3.70. The lowest BCUT2D eigenvalue weighted by Crippen LogP contribution is -2.44. The Bertz CT molecular complexity index is 903. The molecule has 2 aromatic rings. The lowest BCUT2D eigenvalue weighted by atomic mass is 10.2. The molecule has 1 atom stereocenters. The molecule has 0 aliphatic rings. The van der Waals surface area contributed by atoms with Crippen LogP contribution in [-0.2, 0) is 14.8 Å². The minimum atomic E-state index is -3.55. The molecule has 0 saturated carbocycles. The van der Waals surface area contributed by atoms with E-state index in [1.54, 1.807) is 6.92 Å². The van der Waals surface area contributed by atoms with Gasteiger partial charge >= 0.3 is 0 Å². The lowest BCUT2D eigenvalue weighted by molar-refractivity contribution is -0.117. The van der Waals surface area contributed by atoms with Gasteiger partial charge in [0.15, 0.2) is 5.82 Å². The number of aromatic nitrogens is 4. The number of carbonyl (C=O) groups excluding carboxylic acids is 1. The number of rotatable bonds is 9. The largest absolute Gasteiger partial charge is 0.325 e. The van der Waals surface area contributed by atoms with E-state index in [2.05, 4.69) is 25.6 Å². The van der Waals surface area contributed by atoms with Crippen LogP contribution in [0.3, 0.4) is 0 Å². The minimum Gasteiger partial charge on any atom is -0.325 e. The number of sulfonamides is 1. The summed E-state index contributed by atoms with van der Waals surface area (Å²) < 4.78 is 41.4. The topological polar surface area (TPSA) is 119 Å². The van der Waals surface area contributed by atoms with Crippen molar-refractivity contribution < 1.29 is 17.6 Å². The molecule has 0 spiro atoms. The van der Waals surface area contributed by atoms with Gasteiger partial charge in [-0.15, -0.1) is 5.10 Å². The van der Waals surface area contributed by atoms with Crippen LogP contribution in [0.1, 0.15) is 19.2 Å². The van der Waals surface area contributed by atoms with Gasteiger partial charge in [-0.3, -0.25) is 4.79 Å². The summed E-state index contributed by atoms with van der Waals surface area (Å²) in [6.07, 6.45) is 2.19. The molecule has 1 aromatic carbocycles. The van der Waals surface area contributed by atoms with E-state index in [9.17, 15) is 17.6 Å². The number of anilines is 1. The molecule has 0 bridgehead atoms. The van der Waals surface area contributed by atoms with Crippen molar-refractivity contribution in [2.24, 2.45) is 0 Å². The number of nitrogens with zero attached hydrogens (tertiary/aromatic N) is 4. The second-order valence-corrected chi connectivity index (χ2v) is 8.68. The highest BCUT2D eigenvalue weighted by Crippen LogP contribution is 2.19. The molecule has 1 heterocycles. The summed E-state index contributed by atoms with van der Waals surface area (Å²) in [7, 11) is -3.55. The van der Waals surface area contributed by atoms with Crippen molar-refractivity contribution in [1.29, 1.82) is 0 Å². The molecule has 27 heavy (non-hydrogen) atoms. The first-order valence-corrected chi connectivity index (χ1v) is 11.2. The SMILES string of the molecule is CCS(=O)(=O)NC(CCSC)C(=O)Nc1ccc(F)c(-n2nnnc2C)c1. The van der Waals surface area contributed by atoms with Gasteiger partial charge in [-0.2, -0.15) is 16.4 Å². The number of halogens is 1. The van der Waals surface area contributed by atoms with Gasteiger partial charge in [0, 0.05) is 5.69 Å². The van der Waals surface area contributed by atoms with Crippen LogP contribution in [0, 0.1) is 12.7 Å². The van der Waals surface area contributed by atoms with Gasteiger partial charge in [-0.25, -0.2) is 17.5 Å². The van der Waals surface area contributed by atoms with E-state index in [0.717, 1.165) is 0 Å². The van der Waals surface area contributed by atoms with Crippen LogP contribution in [0.2, 0.25) is 0 Å². The molecule has 1 unspecified atom stereocenters. The number of benzene rings is 1. The standard InChI is InChI=1S/C15H21FN6O3S2/c1-4-27(24,25)19-13(7-8-26-3)15(23)17-11-5-6-12(16)14(9-11)22-10(2)18-20-21-22/h5-6,9,13,19H,4,7-8H2,1-3H3,(H,17,23). The van der Waals surface area contributed by atoms with Crippen LogP contribution in [0.25, 0.3) is 5.69 Å². The van der Waals surface area contributed by atoms with E-state index < -0.39 is 27.8 Å². The first kappa shape index (κ1) is 21.3. The zero-order valence-electron chi connectivity index (χ0n) is 15.1. The molecular weight excluding hydrogens is 395 g/mol. The summed E-state index contributed by atoms with van der Waals surface area (Å²) in [4.78, 5) is 12.6. The van der Waals surface area contributed by atoms with E-state index >= 15 is 0 Å². The number of thioether (sulfide) groups is 1. The third-order valence-corrected chi connectivity index (χ3v) is 5.74. The monoisotopic (exact) mass is 416 g/mol. The van der Waals surface area contributed by atoms with Crippen LogP contribution in [-0.4, -0.2) is 58.3 Å². The van der Waals surface area contributed by atoms with E-state index in [4.69, 9.17) is 0 Å². The van der Waals surface area contributed by atoms with E-state index in [1.165, 1.54) is 41.6 Å². The Balaban J connectivity index is 2.23. The highest BCUT2D eigenvalue weighted by molar-refractivity contribution is 7.98. The Labute approximate surface area is 161 Å². The van der Waals surface area contributed by atoms with Crippen LogP contribution in [0.4, 0.5) is 10.1 Å². The summed E-state index contributed by atoms with van der Waals surface area (Å²) in [5.41, 5.74) is 0.376. The number of hydrogen-bond acceptors (Lipinski definition) is 7. The van der Waals surface area contributed by atoms with Crippen molar-refractivity contribution in [3.63, 3.8) is 0 Å². The normalized spacial score (nSPS) is 12.7. The van der Waals surface area contributed by atoms with Gasteiger partial charge in [-0.1, -0.05) is 0 Å². The maximum atomic E-state index is 14.1. The maximum Gasteiger partial charge on any atom is 0.242 e. The minimum absolute atomic E-state index is 0.0742. The van der Waals surface area contributed by atoms with E-state index in [1.807, 2.05) is 6.26 Å². The molecule has 0 aliphatic heterocycles. The fraction of sp³-hybridized carbons (Fsp3) is 0.467. The molecule has 148 valence electrons. The fourth-order valence-corrected chi connectivity index (χ4v) is 3.51. The van der Waals surface area contributed by atoms with Gasteiger partial charge in [0.1, 0.15) is 17.5 Å². The number of nitrogens with one attached hydrogen (secondary N) is 2. The first-order chi connectivity index (χ1) is 12.8. The van der Waals surface area contributed by atoms with Gasteiger partial charge in [0.2, 0.25) is 15.9 Å². The maximum absolute atomic E-state index is 14.1. The molecule has 0 radical (unpaired) electrons. The Morgan fingerprint density at radius 1 is 1.41 bits per heavy atom. The molecule has 0 saturated heterocycles. The average Bonchev–Trinajstić information content (AvgIpc) is 3.06. The molecule has 1 aromatic heterocycles. The third kappa shape index (κ3) is 5.71. The van der Waals surface area contributed by atoms with Crippen molar-refractivity contribution in [3.8, 4) is 5.69 Å². The molecular formula is C15H21FN6O3S2. The Hall–Kier alpha value is -2.05. The molecule has 2 N–H and O–H groups in total. The Morgan fingerprint density at radius 3 is 2.74 bits per heavy atom. The van der Waals surface area contributed by atoms with Crippen LogP contribution < -0.4 is 10.0 Å². The average molecular weight is 417 g/mol. The van der Waals surface area contributed by atoms with E-state index in [0.29, 0.717) is 23.7 Å². The number of tetrazole rings is 1. The second kappa shape index (κ2) is 9.24. The molecule has 0 aliphatic carbocycles. The van der Waals surface area contributed by atoms with Crippen molar-refractivity contribution in [2.75, 3.05) is 23.1 Å². The van der Waals surface area contributed by atoms with Crippen LogP contribution >= 0.6 is 11.8 Å². The highest BCUT2D eigenvalue weighted by Gasteiger charge is 2.23. The van der Waals surface area contributed by atoms with E-state index in [-0.39, 0.29) is 11.4 Å². The zero-order valence-corrected chi connectivity index (χ0v) is 16.8. The predicted molar refractivity (Wildman–Crippen MR) is 102 cm³/mol. The van der Waals surface area contributed by atoms with Crippen LogP contribution in [0.15, 0.2) is 18.2 Å². The number of carbonyl (C=O) groups is 1. The fourth-order valence-electron chi connectivity index (χ4n) is 2.22. The quantitative estimate of drug-likeness (QED) is 0.628. The van der Waals surface area contributed by atoms with Crippen molar-refractivity contribution >= 4 is 33.4 Å². The number of hydrogen-bond donors (Lipinski definition) is 2. The Kier molecular flexibility index (Phi) is 7.27. The second-order valence-electron chi connectivity index (χ2n) is 5.65. The predicted octanol–water partition coefficient (Wildman–Crippen LogP) is 1.11. The number of amides is 1. The smallest absolute Gasteiger partial charge is 0.242 e. The summed E-state index contributed by atoms with van der Waals surface area (Å²) >= 11 is 1.50. The van der Waals surface area contributed by atoms with Gasteiger partial charge < -0.3 is 5.32 Å². The number of aryl methyl sites for hydroxylation is 1. The molecule has 12 heteroatoms. The van der Waals surface area contributed by atoms with Crippen molar-refractivity contribution in [2.45, 2.75) is 26.3 Å².